The van der Waals surface area contributed by atoms with Crippen LogP contribution < -0.4 is 5.32 Å². The number of pyridine rings is 1. The molecule has 11 heteroatoms. The van der Waals surface area contributed by atoms with Crippen LogP contribution in [0.2, 0.25) is 0 Å². The first-order chi connectivity index (χ1) is 17.8. The monoisotopic (exact) mass is 521 g/mol. The van der Waals surface area contributed by atoms with Crippen LogP contribution in [0.4, 0.5) is 8.78 Å². The first kappa shape index (κ1) is 23.4. The molecular weight excluding hydrogens is 500 g/mol. The molecule has 6 rings (SSSR count). The molecule has 0 saturated carbocycles. The van der Waals surface area contributed by atoms with Crippen LogP contribution in [0.1, 0.15) is 61.8 Å². The Labute approximate surface area is 214 Å². The molecule has 3 aromatic heterocycles. The summed E-state index contributed by atoms with van der Waals surface area (Å²) >= 11 is 1.22. The lowest BCUT2D eigenvalue weighted by molar-refractivity contribution is 0.0776. The van der Waals surface area contributed by atoms with Crippen molar-refractivity contribution < 1.29 is 22.8 Å². The zero-order valence-corrected chi connectivity index (χ0v) is 20.8. The molecule has 1 N–H and O–H groups in total. The lowest BCUT2D eigenvalue weighted by Crippen LogP contribution is -2.22. The average molecular weight is 522 g/mol. The van der Waals surface area contributed by atoms with Crippen molar-refractivity contribution in [1.82, 2.24) is 25.4 Å². The smallest absolute Gasteiger partial charge is 0.261 e. The second kappa shape index (κ2) is 8.84. The molecule has 1 aromatic carbocycles. The van der Waals surface area contributed by atoms with Crippen LogP contribution in [0.15, 0.2) is 34.7 Å². The summed E-state index contributed by atoms with van der Waals surface area (Å²) < 4.78 is 32.5. The van der Waals surface area contributed by atoms with Crippen LogP contribution in [0, 0.1) is 25.5 Å². The highest BCUT2D eigenvalue weighted by Crippen LogP contribution is 2.48. The van der Waals surface area contributed by atoms with E-state index in [1.807, 2.05) is 11.8 Å². The van der Waals surface area contributed by atoms with E-state index in [0.29, 0.717) is 50.1 Å². The molecule has 4 aromatic rings. The maximum absolute atomic E-state index is 13.5. The topological polar surface area (TPSA) is 101 Å². The van der Waals surface area contributed by atoms with Gasteiger partial charge in [-0.25, -0.2) is 8.78 Å². The van der Waals surface area contributed by atoms with Gasteiger partial charge in [0.1, 0.15) is 0 Å². The zero-order valence-electron chi connectivity index (χ0n) is 20.0. The predicted molar refractivity (Wildman–Crippen MR) is 131 cm³/mol. The third kappa shape index (κ3) is 3.90. The Balaban J connectivity index is 1.39. The molecule has 0 aliphatic carbocycles. The first-order valence-corrected chi connectivity index (χ1v) is 12.6. The second-order valence-corrected chi connectivity index (χ2v) is 10.2. The van der Waals surface area contributed by atoms with Crippen molar-refractivity contribution >= 4 is 23.2 Å². The highest BCUT2D eigenvalue weighted by Gasteiger charge is 2.44. The molecule has 2 aliphatic rings. The van der Waals surface area contributed by atoms with Gasteiger partial charge in [0, 0.05) is 30.5 Å². The lowest BCUT2D eigenvalue weighted by Gasteiger charge is -2.14. The first-order valence-electron chi connectivity index (χ1n) is 11.8. The van der Waals surface area contributed by atoms with Crippen LogP contribution in [0.25, 0.3) is 21.9 Å². The van der Waals surface area contributed by atoms with Gasteiger partial charge in [-0.05, 0) is 49.6 Å². The van der Waals surface area contributed by atoms with Gasteiger partial charge in [0.25, 0.3) is 11.8 Å². The molecule has 0 spiro atoms. The Hall–Kier alpha value is -3.99. The quantitative estimate of drug-likeness (QED) is 0.398. The number of benzene rings is 1. The van der Waals surface area contributed by atoms with Gasteiger partial charge in [-0.1, -0.05) is 6.07 Å². The van der Waals surface area contributed by atoms with Crippen LogP contribution in [-0.2, 0) is 6.54 Å². The van der Waals surface area contributed by atoms with Gasteiger partial charge in [-0.2, -0.15) is 0 Å². The molecular formula is C26H21F2N5O3S. The number of hydrogen-bond donors (Lipinski definition) is 1. The van der Waals surface area contributed by atoms with Crippen molar-refractivity contribution in [2.75, 3.05) is 6.54 Å². The molecule has 1 fully saturated rings. The Morgan fingerprint density at radius 2 is 1.97 bits per heavy atom. The molecule has 1 atom stereocenters. The number of amides is 2. The van der Waals surface area contributed by atoms with Crippen molar-refractivity contribution in [3.8, 4) is 21.9 Å². The number of nitrogens with one attached hydrogen (secondary N) is 1. The maximum Gasteiger partial charge on any atom is 0.261 e. The van der Waals surface area contributed by atoms with Crippen LogP contribution in [0.3, 0.4) is 0 Å². The molecule has 0 radical (unpaired) electrons. The van der Waals surface area contributed by atoms with Gasteiger partial charge < -0.3 is 14.6 Å². The summed E-state index contributed by atoms with van der Waals surface area (Å²) in [4.78, 5) is 34.2. The summed E-state index contributed by atoms with van der Waals surface area (Å²) in [5, 5.41) is 10.9. The highest BCUT2D eigenvalue weighted by atomic mass is 32.1. The van der Waals surface area contributed by atoms with Gasteiger partial charge in [-0.15, -0.1) is 21.5 Å². The van der Waals surface area contributed by atoms with Crippen LogP contribution in [-0.4, -0.2) is 38.4 Å². The van der Waals surface area contributed by atoms with E-state index < -0.39 is 11.6 Å². The van der Waals surface area contributed by atoms with E-state index in [4.69, 9.17) is 9.40 Å². The number of rotatable bonds is 5. The number of nitrogens with zero attached hydrogens (tertiary/aromatic N) is 4. The van der Waals surface area contributed by atoms with Gasteiger partial charge in [0.2, 0.25) is 11.8 Å². The predicted octanol–water partition coefficient (Wildman–Crippen LogP) is 4.98. The van der Waals surface area contributed by atoms with Crippen molar-refractivity contribution in [3.63, 3.8) is 0 Å². The van der Waals surface area contributed by atoms with Gasteiger partial charge in [-0.3, -0.25) is 14.6 Å². The van der Waals surface area contributed by atoms with Crippen molar-refractivity contribution in [1.29, 1.82) is 0 Å². The molecule has 0 bridgehead atoms. The number of aryl methyl sites for hydroxylation is 2. The lowest BCUT2D eigenvalue weighted by atomic mass is 9.95. The van der Waals surface area contributed by atoms with Crippen molar-refractivity contribution in [2.24, 2.45) is 0 Å². The molecule has 188 valence electrons. The zero-order chi connectivity index (χ0) is 25.8. The SMILES string of the molecule is Cc1nnc(-c2c(C)nc3c(c2-c2ccc(C(=O)NCc4ccc(F)c(F)c4)s2)C(=O)N2CCCC32)o1. The van der Waals surface area contributed by atoms with E-state index in [1.165, 1.54) is 17.4 Å². The normalized spacial score (nSPS) is 16.3. The molecule has 1 unspecified atom stereocenters. The molecule has 37 heavy (non-hydrogen) atoms. The van der Waals surface area contributed by atoms with E-state index in [1.54, 1.807) is 19.1 Å². The Morgan fingerprint density at radius 1 is 1.14 bits per heavy atom. The Morgan fingerprint density at radius 3 is 2.73 bits per heavy atom. The molecule has 2 aliphatic heterocycles. The number of thiophene rings is 1. The minimum Gasteiger partial charge on any atom is -0.421 e. The van der Waals surface area contributed by atoms with E-state index in [0.717, 1.165) is 30.7 Å². The largest absolute Gasteiger partial charge is 0.421 e. The number of halogens is 2. The number of carbonyl (C=O) groups is 2. The van der Waals surface area contributed by atoms with E-state index >= 15 is 0 Å². The van der Waals surface area contributed by atoms with E-state index in [-0.39, 0.29) is 30.3 Å². The fourth-order valence-corrected chi connectivity index (χ4v) is 6.02. The van der Waals surface area contributed by atoms with Gasteiger partial charge in [0.05, 0.1) is 33.4 Å². The maximum atomic E-state index is 13.5. The minimum atomic E-state index is -0.971. The fourth-order valence-electron chi connectivity index (χ4n) is 5.04. The van der Waals surface area contributed by atoms with Gasteiger partial charge >= 0.3 is 0 Å². The second-order valence-electron chi connectivity index (χ2n) is 9.09. The fraction of sp³-hybridized carbons (Fsp3) is 0.269. The molecule has 5 heterocycles. The Bertz CT molecular complexity index is 1580. The summed E-state index contributed by atoms with van der Waals surface area (Å²) in [6.45, 7) is 4.25. The molecule has 8 nitrogen and oxygen atoms in total. The number of fused-ring (bicyclic) bond motifs is 3. The average Bonchev–Trinajstić information content (AvgIpc) is 3.66. The van der Waals surface area contributed by atoms with Crippen LogP contribution >= 0.6 is 11.3 Å². The standard InChI is InChI=1S/C26H21F2N5O3S/c1-12-20(25-32-31-13(2)36-25)21(22-23(30-12)17-4-3-9-33(17)26(22)35)18-7-8-19(37-18)24(34)29-11-14-5-6-15(27)16(28)10-14/h5-8,10,17H,3-4,9,11H2,1-2H3,(H,29,34). The molecule has 1 saturated heterocycles. The highest BCUT2D eigenvalue weighted by molar-refractivity contribution is 7.17. The van der Waals surface area contributed by atoms with E-state index in [9.17, 15) is 18.4 Å². The summed E-state index contributed by atoms with van der Waals surface area (Å²) in [5.74, 6) is -1.73. The molecule has 2 amide bonds. The summed E-state index contributed by atoms with van der Waals surface area (Å²) in [6, 6.07) is 6.89. The third-order valence-electron chi connectivity index (χ3n) is 6.70. The minimum absolute atomic E-state index is 0.0364. The van der Waals surface area contributed by atoms with Crippen molar-refractivity contribution in [3.05, 3.63) is 75.2 Å². The van der Waals surface area contributed by atoms with Crippen molar-refractivity contribution in [2.45, 2.75) is 39.3 Å². The Kier molecular flexibility index (Phi) is 5.59. The summed E-state index contributed by atoms with van der Waals surface area (Å²) in [5.41, 5.74) is 3.56. The van der Waals surface area contributed by atoms with Crippen LogP contribution in [0.5, 0.6) is 0 Å². The number of carbonyl (C=O) groups excluding carboxylic acids is 2. The van der Waals surface area contributed by atoms with E-state index in [2.05, 4.69) is 15.5 Å². The third-order valence-corrected chi connectivity index (χ3v) is 7.80. The number of aromatic nitrogens is 3. The summed E-state index contributed by atoms with van der Waals surface area (Å²) in [6.07, 6.45) is 1.78. The number of hydrogen-bond acceptors (Lipinski definition) is 7. The van der Waals surface area contributed by atoms with Gasteiger partial charge in [0.15, 0.2) is 11.6 Å². The summed E-state index contributed by atoms with van der Waals surface area (Å²) in [7, 11) is 0.